The largest absolute Gasteiger partial charge is 1.00 e. The molecule has 0 aromatic carbocycles. The van der Waals surface area contributed by atoms with E-state index in [-0.39, 0.29) is 72.2 Å². The second kappa shape index (κ2) is 22.2. The van der Waals surface area contributed by atoms with Crippen molar-refractivity contribution in [1.82, 2.24) is 9.80 Å². The number of nitrogens with zero attached hydrogens (tertiary/aromatic N) is 2. The zero-order valence-electron chi connectivity index (χ0n) is 20.2. The zero-order valence-corrected chi connectivity index (χ0v) is 25.8. The summed E-state index contributed by atoms with van der Waals surface area (Å²) in [6, 6.07) is 0. The van der Waals surface area contributed by atoms with Crippen LogP contribution in [0.2, 0.25) is 0 Å². The van der Waals surface area contributed by atoms with Gasteiger partial charge in [0.1, 0.15) is 0 Å². The summed E-state index contributed by atoms with van der Waals surface area (Å²) in [5.41, 5.74) is 0. The van der Waals surface area contributed by atoms with Crippen LogP contribution in [0.4, 0.5) is 0 Å². The minimum Gasteiger partial charge on any atom is -0.748 e. The third-order valence-electron chi connectivity index (χ3n) is 4.92. The minimum absolute atomic E-state index is 0. The van der Waals surface area contributed by atoms with Crippen LogP contribution in [0.1, 0.15) is 71.6 Å². The molecule has 0 N–H and O–H groups in total. The Bertz CT molecular complexity index is 555. The molecule has 0 aliphatic rings. The van der Waals surface area contributed by atoms with Crippen molar-refractivity contribution in [3.05, 3.63) is 0 Å². The summed E-state index contributed by atoms with van der Waals surface area (Å²) in [5.74, 6) is -0.786. The second-order valence-electron chi connectivity index (χ2n) is 7.68. The van der Waals surface area contributed by atoms with E-state index in [0.29, 0.717) is 13.1 Å². The molecule has 0 bridgehead atoms. The van der Waals surface area contributed by atoms with Crippen LogP contribution in [0, 0.1) is 0 Å². The molecule has 0 fully saturated rings. The Morgan fingerprint density at radius 3 is 1.13 bits per heavy atom. The molecule has 176 valence electrons. The summed E-state index contributed by atoms with van der Waals surface area (Å²) in [4.78, 5) is 4.01. The molecule has 0 amide bonds. The van der Waals surface area contributed by atoms with E-state index in [1.165, 1.54) is 0 Å². The van der Waals surface area contributed by atoms with Gasteiger partial charge < -0.3 is 18.9 Å². The van der Waals surface area contributed by atoms with E-state index in [2.05, 4.69) is 13.8 Å². The third-order valence-corrected chi connectivity index (χ3v) is 6.28. The smallest absolute Gasteiger partial charge is 0.748 e. The Labute approximate surface area is 235 Å². The predicted octanol–water partition coefficient (Wildman–Crippen LogP) is -3.76. The Morgan fingerprint density at radius 2 is 0.839 bits per heavy atom. The van der Waals surface area contributed by atoms with E-state index in [1.54, 1.807) is 0 Å². The molecule has 12 heteroatoms. The predicted molar refractivity (Wildman–Crippen MR) is 115 cm³/mol. The summed E-state index contributed by atoms with van der Waals surface area (Å²) in [6.45, 7) is 7.50. The SMILES string of the molecule is CCCCCCN(CCCN(CCCCCC)CCS(=O)(=O)[O-])CCS(=O)(=O)[O-].[Na+].[Na+]. The van der Waals surface area contributed by atoms with E-state index in [1.807, 2.05) is 9.80 Å². The first-order chi connectivity index (χ1) is 13.6. The zero-order chi connectivity index (χ0) is 22.2. The molecule has 0 saturated carbocycles. The molecule has 0 aliphatic heterocycles. The van der Waals surface area contributed by atoms with Gasteiger partial charge in [-0.05, 0) is 45.4 Å². The number of rotatable bonds is 20. The topological polar surface area (TPSA) is 121 Å². The van der Waals surface area contributed by atoms with Crippen molar-refractivity contribution in [2.75, 3.05) is 50.8 Å². The first-order valence-electron chi connectivity index (χ1n) is 10.9. The normalized spacial score (nSPS) is 12.1. The van der Waals surface area contributed by atoms with Crippen molar-refractivity contribution in [3.8, 4) is 0 Å². The maximum absolute atomic E-state index is 11.0. The van der Waals surface area contributed by atoms with E-state index >= 15 is 0 Å². The summed E-state index contributed by atoms with van der Waals surface area (Å²) < 4.78 is 65.8. The first-order valence-corrected chi connectivity index (χ1v) is 14.0. The van der Waals surface area contributed by atoms with E-state index < -0.39 is 31.7 Å². The van der Waals surface area contributed by atoms with Crippen LogP contribution in [0.25, 0.3) is 0 Å². The van der Waals surface area contributed by atoms with Gasteiger partial charge >= 0.3 is 59.1 Å². The second-order valence-corrected chi connectivity index (χ2v) is 10.7. The molecule has 0 spiro atoms. The maximum Gasteiger partial charge on any atom is 1.00 e. The van der Waals surface area contributed by atoms with E-state index in [4.69, 9.17) is 0 Å². The van der Waals surface area contributed by atoms with Gasteiger partial charge in [-0.25, -0.2) is 16.8 Å². The molecule has 0 aromatic rings. The van der Waals surface area contributed by atoms with Gasteiger partial charge in [0.25, 0.3) is 0 Å². The van der Waals surface area contributed by atoms with Gasteiger partial charge in [0.05, 0.1) is 31.7 Å². The first kappa shape index (κ1) is 37.3. The molecule has 0 atom stereocenters. The number of hydrogen-bond donors (Lipinski definition) is 0. The van der Waals surface area contributed by atoms with Crippen LogP contribution in [0.3, 0.4) is 0 Å². The van der Waals surface area contributed by atoms with Crippen LogP contribution in [-0.4, -0.2) is 86.5 Å². The molecule has 0 radical (unpaired) electrons. The van der Waals surface area contributed by atoms with Gasteiger partial charge in [-0.1, -0.05) is 52.4 Å². The van der Waals surface area contributed by atoms with Gasteiger partial charge in [-0.3, -0.25) is 0 Å². The molecule has 0 aromatic heterocycles. The fraction of sp³-hybridized carbons (Fsp3) is 1.00. The summed E-state index contributed by atoms with van der Waals surface area (Å²) in [6.07, 6.45) is 9.29. The van der Waals surface area contributed by atoms with Gasteiger partial charge in [0.15, 0.2) is 0 Å². The summed E-state index contributed by atoms with van der Waals surface area (Å²) >= 11 is 0. The Kier molecular flexibility index (Phi) is 26.7. The molecular weight excluding hydrogens is 462 g/mol. The molecule has 0 aliphatic carbocycles. The average molecular weight is 503 g/mol. The van der Waals surface area contributed by atoms with E-state index in [9.17, 15) is 25.9 Å². The Hall–Kier alpha value is 1.74. The number of hydrogen-bond acceptors (Lipinski definition) is 8. The Balaban J connectivity index is -0.00000392. The standard InChI is InChI=1S/C19H42N2O6S2.2Na/c1-3-5-7-9-12-20(16-18-28(22,23)24)14-11-15-21(13-10-8-6-4-2)17-19-29(25,26)27;;/h3-19H2,1-2H3,(H,22,23,24)(H,25,26,27);;/q;2*+1/p-2. The van der Waals surface area contributed by atoms with Crippen molar-refractivity contribution in [2.45, 2.75) is 71.6 Å². The molecule has 8 nitrogen and oxygen atoms in total. The molecule has 0 rings (SSSR count). The maximum atomic E-state index is 11.0. The van der Waals surface area contributed by atoms with Crippen LogP contribution in [0.15, 0.2) is 0 Å². The van der Waals surface area contributed by atoms with Crippen LogP contribution in [0.5, 0.6) is 0 Å². The molecule has 0 heterocycles. The molecule has 0 unspecified atom stereocenters. The molecule has 0 saturated heterocycles. The van der Waals surface area contributed by atoms with Crippen LogP contribution in [-0.2, 0) is 20.2 Å². The number of unbranched alkanes of at least 4 members (excludes halogenated alkanes) is 6. The van der Waals surface area contributed by atoms with Crippen molar-refractivity contribution in [2.24, 2.45) is 0 Å². The summed E-state index contributed by atoms with van der Waals surface area (Å²) in [7, 11) is -8.48. The van der Waals surface area contributed by atoms with Gasteiger partial charge in [0, 0.05) is 13.1 Å². The van der Waals surface area contributed by atoms with Crippen molar-refractivity contribution in [1.29, 1.82) is 0 Å². The molecule has 31 heavy (non-hydrogen) atoms. The quantitative estimate of drug-likeness (QED) is 0.0946. The third kappa shape index (κ3) is 27.9. The van der Waals surface area contributed by atoms with Gasteiger partial charge in [-0.2, -0.15) is 0 Å². The minimum atomic E-state index is -4.24. The fourth-order valence-corrected chi connectivity index (χ4v) is 4.16. The fourth-order valence-electron chi connectivity index (χ4n) is 3.19. The van der Waals surface area contributed by atoms with Crippen molar-refractivity contribution in [3.63, 3.8) is 0 Å². The van der Waals surface area contributed by atoms with Crippen molar-refractivity contribution >= 4 is 20.2 Å². The molecular formula is C19H40N2Na2O6S2. The van der Waals surface area contributed by atoms with Gasteiger partial charge in [-0.15, -0.1) is 0 Å². The van der Waals surface area contributed by atoms with Crippen LogP contribution < -0.4 is 59.1 Å². The van der Waals surface area contributed by atoms with E-state index in [0.717, 1.165) is 70.9 Å². The summed E-state index contributed by atoms with van der Waals surface area (Å²) in [5, 5.41) is 0. The average Bonchev–Trinajstić information content (AvgIpc) is 2.62. The van der Waals surface area contributed by atoms with Crippen LogP contribution >= 0.6 is 0 Å². The Morgan fingerprint density at radius 1 is 0.516 bits per heavy atom. The van der Waals surface area contributed by atoms with Crippen molar-refractivity contribution < 1.29 is 85.1 Å². The van der Waals surface area contributed by atoms with Gasteiger partial charge in [0.2, 0.25) is 0 Å². The monoisotopic (exact) mass is 502 g/mol.